The number of halogens is 1. The maximum absolute atomic E-state index is 4.67. The van der Waals surface area contributed by atoms with Crippen LogP contribution in [0.3, 0.4) is 0 Å². The molecular weight excluding hydrogens is 336 g/mol. The molecule has 3 rings (SSSR count). The minimum absolute atomic E-state index is 0. The average Bonchev–Trinajstić information content (AvgIpc) is 3.07. The summed E-state index contributed by atoms with van der Waals surface area (Å²) in [6.45, 7) is 7.00. The highest BCUT2D eigenvalue weighted by Gasteiger charge is 2.10. The van der Waals surface area contributed by atoms with Crippen LogP contribution >= 0.6 is 0 Å². The van der Waals surface area contributed by atoms with Crippen LogP contribution in [-0.4, -0.2) is 19.7 Å². The third kappa shape index (κ3) is 4.35. The number of aromatic nitrogens is 4. The summed E-state index contributed by atoms with van der Waals surface area (Å²) in [5.74, 6) is 0.579. The van der Waals surface area contributed by atoms with Gasteiger partial charge in [-0.3, -0.25) is 4.68 Å². The second-order valence-corrected chi connectivity index (χ2v) is 6.10. The topological polar surface area (TPSA) is 83.3 Å². The summed E-state index contributed by atoms with van der Waals surface area (Å²) >= 11 is 0. The van der Waals surface area contributed by atoms with E-state index in [4.69, 9.17) is 0 Å². The van der Waals surface area contributed by atoms with Gasteiger partial charge in [0.1, 0.15) is 0 Å². The Bertz CT molecular complexity index is 826. The molecule has 7 heteroatoms. The number of hydrogen-bond acceptors (Lipinski definition) is 4. The van der Waals surface area contributed by atoms with Gasteiger partial charge in [0, 0.05) is 35.2 Å². The van der Waals surface area contributed by atoms with Crippen LogP contribution < -0.4 is 23.5 Å². The summed E-state index contributed by atoms with van der Waals surface area (Å²) in [7, 11) is 0. The molecule has 0 spiro atoms. The highest BCUT2D eigenvalue weighted by atomic mass is 35.5. The smallest absolute Gasteiger partial charge is 0.227 e. The van der Waals surface area contributed by atoms with Crippen molar-refractivity contribution < 1.29 is 18.1 Å². The highest BCUT2D eigenvalue weighted by molar-refractivity contribution is 5.64. The predicted octanol–water partition coefficient (Wildman–Crippen LogP) is -0.281. The zero-order valence-electron chi connectivity index (χ0n) is 14.7. The van der Waals surface area contributed by atoms with E-state index in [1.165, 1.54) is 5.56 Å². The van der Waals surface area contributed by atoms with Crippen molar-refractivity contribution in [1.82, 2.24) is 19.7 Å². The van der Waals surface area contributed by atoms with Crippen LogP contribution in [0, 0.1) is 6.92 Å². The molecule has 0 atom stereocenters. The molecule has 0 saturated heterocycles. The van der Waals surface area contributed by atoms with E-state index in [1.807, 2.05) is 42.3 Å². The molecule has 2 aromatic heterocycles. The summed E-state index contributed by atoms with van der Waals surface area (Å²) in [5.41, 5.74) is 8.97. The van der Waals surface area contributed by atoms with Gasteiger partial charge in [0.2, 0.25) is 5.95 Å². The molecule has 0 unspecified atom stereocenters. The van der Waals surface area contributed by atoms with Crippen LogP contribution in [0.15, 0.2) is 42.9 Å². The number of anilines is 2. The predicted molar refractivity (Wildman–Crippen MR) is 94.7 cm³/mol. The highest BCUT2D eigenvalue weighted by Crippen LogP contribution is 2.23. The van der Waals surface area contributed by atoms with Gasteiger partial charge in [-0.05, 0) is 38.5 Å². The number of quaternary nitrogens is 1. The maximum Gasteiger partial charge on any atom is 0.227 e. The summed E-state index contributed by atoms with van der Waals surface area (Å²) in [6.07, 6.45) is 5.71. The second kappa shape index (κ2) is 8.09. The minimum Gasteiger partial charge on any atom is -1.00 e. The first-order valence-corrected chi connectivity index (χ1v) is 8.10. The van der Waals surface area contributed by atoms with Crippen LogP contribution in [0.25, 0.3) is 11.3 Å². The molecular formula is C18H23ClN6. The van der Waals surface area contributed by atoms with Gasteiger partial charge in [-0.15, -0.1) is 0 Å². The van der Waals surface area contributed by atoms with Gasteiger partial charge in [-0.25, -0.2) is 9.97 Å². The first-order chi connectivity index (χ1) is 11.6. The normalized spacial score (nSPS) is 10.6. The molecule has 4 N–H and O–H groups in total. The van der Waals surface area contributed by atoms with Gasteiger partial charge in [-0.2, -0.15) is 5.10 Å². The fourth-order valence-electron chi connectivity index (χ4n) is 2.42. The van der Waals surface area contributed by atoms with E-state index in [9.17, 15) is 0 Å². The first kappa shape index (κ1) is 18.9. The van der Waals surface area contributed by atoms with E-state index in [-0.39, 0.29) is 12.4 Å². The Morgan fingerprint density at radius 1 is 1.16 bits per heavy atom. The fraction of sp³-hybridized carbons (Fsp3) is 0.278. The summed E-state index contributed by atoms with van der Waals surface area (Å²) in [4.78, 5) is 9.05. The van der Waals surface area contributed by atoms with Gasteiger partial charge < -0.3 is 23.5 Å². The molecule has 0 bridgehead atoms. The maximum atomic E-state index is 4.67. The van der Waals surface area contributed by atoms with Crippen molar-refractivity contribution in [3.05, 3.63) is 54.0 Å². The minimum atomic E-state index is 0. The lowest BCUT2D eigenvalue weighted by atomic mass is 10.1. The zero-order valence-corrected chi connectivity index (χ0v) is 15.5. The lowest BCUT2D eigenvalue weighted by molar-refractivity contribution is -0.386. The summed E-state index contributed by atoms with van der Waals surface area (Å²) in [6, 6.07) is 8.46. The van der Waals surface area contributed by atoms with E-state index < -0.39 is 0 Å². The molecule has 2 heterocycles. The van der Waals surface area contributed by atoms with Gasteiger partial charge in [0.15, 0.2) is 0 Å². The molecule has 0 fully saturated rings. The van der Waals surface area contributed by atoms with Gasteiger partial charge >= 0.3 is 0 Å². The van der Waals surface area contributed by atoms with Gasteiger partial charge in [0.25, 0.3) is 0 Å². The Balaban J connectivity index is 0.00000225. The number of nitrogens with zero attached hydrogens (tertiary/aromatic N) is 4. The molecule has 6 nitrogen and oxygen atoms in total. The van der Waals surface area contributed by atoms with Crippen molar-refractivity contribution in [1.29, 1.82) is 0 Å². The monoisotopic (exact) mass is 358 g/mol. The Morgan fingerprint density at radius 3 is 2.48 bits per heavy atom. The molecule has 0 aliphatic rings. The Labute approximate surface area is 153 Å². The van der Waals surface area contributed by atoms with Crippen LogP contribution in [0.1, 0.15) is 31.0 Å². The third-order valence-electron chi connectivity index (χ3n) is 3.87. The zero-order chi connectivity index (χ0) is 17.1. The van der Waals surface area contributed by atoms with E-state index in [0.717, 1.165) is 29.1 Å². The van der Waals surface area contributed by atoms with E-state index in [2.05, 4.69) is 52.1 Å². The molecule has 0 saturated carbocycles. The largest absolute Gasteiger partial charge is 1.00 e. The SMILES string of the molecule is Cc1cnc(Nc2ccc(C[NH3+])cc2)nc1-c1cnn(C(C)C)c1.[Cl-]. The Morgan fingerprint density at radius 2 is 1.88 bits per heavy atom. The number of hydrogen-bond donors (Lipinski definition) is 2. The van der Waals surface area contributed by atoms with E-state index >= 15 is 0 Å². The molecule has 0 aliphatic heterocycles. The van der Waals surface area contributed by atoms with Crippen molar-refractivity contribution >= 4 is 11.6 Å². The van der Waals surface area contributed by atoms with Crippen molar-refractivity contribution in [2.45, 2.75) is 33.4 Å². The lowest BCUT2D eigenvalue weighted by Gasteiger charge is -2.08. The van der Waals surface area contributed by atoms with Gasteiger partial charge in [0.05, 0.1) is 18.4 Å². The Hall–Kier alpha value is -2.44. The van der Waals surface area contributed by atoms with E-state index in [1.54, 1.807) is 0 Å². The first-order valence-electron chi connectivity index (χ1n) is 8.10. The molecule has 25 heavy (non-hydrogen) atoms. The molecule has 0 amide bonds. The number of aryl methyl sites for hydroxylation is 1. The quantitative estimate of drug-likeness (QED) is 0.657. The summed E-state index contributed by atoms with van der Waals surface area (Å²) < 4.78 is 1.93. The van der Waals surface area contributed by atoms with Crippen molar-refractivity contribution in [3.8, 4) is 11.3 Å². The molecule has 3 aromatic rings. The third-order valence-corrected chi connectivity index (χ3v) is 3.87. The molecule has 0 aliphatic carbocycles. The van der Waals surface area contributed by atoms with Crippen molar-refractivity contribution in [3.63, 3.8) is 0 Å². The van der Waals surface area contributed by atoms with Gasteiger partial charge in [-0.1, -0.05) is 12.1 Å². The molecule has 0 radical (unpaired) electrons. The average molecular weight is 359 g/mol. The number of benzene rings is 1. The van der Waals surface area contributed by atoms with Crippen LogP contribution in [0.4, 0.5) is 11.6 Å². The van der Waals surface area contributed by atoms with Crippen molar-refractivity contribution in [2.75, 3.05) is 5.32 Å². The molecule has 1 aromatic carbocycles. The second-order valence-electron chi connectivity index (χ2n) is 6.10. The van der Waals surface area contributed by atoms with Crippen LogP contribution in [0.5, 0.6) is 0 Å². The van der Waals surface area contributed by atoms with Crippen LogP contribution in [-0.2, 0) is 6.54 Å². The molecule has 132 valence electrons. The van der Waals surface area contributed by atoms with E-state index in [0.29, 0.717) is 12.0 Å². The Kier molecular flexibility index (Phi) is 6.12. The fourth-order valence-corrected chi connectivity index (χ4v) is 2.42. The van der Waals surface area contributed by atoms with Crippen molar-refractivity contribution in [2.24, 2.45) is 0 Å². The van der Waals surface area contributed by atoms with Crippen LogP contribution in [0.2, 0.25) is 0 Å². The lowest BCUT2D eigenvalue weighted by Crippen LogP contribution is -3.00. The summed E-state index contributed by atoms with van der Waals surface area (Å²) in [5, 5.41) is 7.65. The standard InChI is InChI=1S/C18H22N6.ClH/c1-12(2)24-11-15(10-21-24)17-13(3)9-20-18(23-17)22-16-6-4-14(8-19)5-7-16;/h4-7,9-12H,8,19H2,1-3H3,(H,20,22,23);1H. The number of nitrogens with one attached hydrogen (secondary N) is 1. The number of rotatable bonds is 5.